The molecule has 1 aromatic heterocycles. The molecular formula is C22H31N3O3. The van der Waals surface area contributed by atoms with Gasteiger partial charge in [0, 0.05) is 37.7 Å². The van der Waals surface area contributed by atoms with Crippen molar-refractivity contribution in [3.05, 3.63) is 52.8 Å². The van der Waals surface area contributed by atoms with Crippen LogP contribution in [0, 0.1) is 0 Å². The standard InChI is InChI=1S/C21H29N3O.CH2O2/c1-2-6-17(7-3-1)16-25-15-5-4-12-24-13-10-19-20(11-14-24)22-23-21(19)18-8-9-18;2-1-3/h1-3,6-7,18H,4-5,8-16H2,(H,22,23);1H,(H,2,3). The first-order chi connectivity index (χ1) is 13.8. The number of carbonyl (C=O) groups is 1. The molecule has 152 valence electrons. The van der Waals surface area contributed by atoms with Crippen molar-refractivity contribution in [3.63, 3.8) is 0 Å². The minimum atomic E-state index is -0.250. The van der Waals surface area contributed by atoms with Gasteiger partial charge in [0.05, 0.1) is 12.3 Å². The predicted molar refractivity (Wildman–Crippen MR) is 108 cm³/mol. The van der Waals surface area contributed by atoms with Gasteiger partial charge in [-0.15, -0.1) is 0 Å². The SMILES string of the molecule is O=CO.c1ccc(COCCCCN2CCc3[nH]nc(C4CC4)c3CC2)cc1. The molecule has 6 nitrogen and oxygen atoms in total. The van der Waals surface area contributed by atoms with Crippen LogP contribution in [0.2, 0.25) is 0 Å². The van der Waals surface area contributed by atoms with Crippen molar-refractivity contribution >= 4 is 6.47 Å². The molecule has 2 aromatic rings. The molecule has 1 fully saturated rings. The minimum absolute atomic E-state index is 0.250. The molecule has 28 heavy (non-hydrogen) atoms. The fourth-order valence-corrected chi connectivity index (χ4v) is 3.78. The van der Waals surface area contributed by atoms with E-state index in [9.17, 15) is 0 Å². The highest BCUT2D eigenvalue weighted by Crippen LogP contribution is 2.41. The minimum Gasteiger partial charge on any atom is -0.483 e. The summed E-state index contributed by atoms with van der Waals surface area (Å²) in [6, 6.07) is 10.4. The smallest absolute Gasteiger partial charge is 0.290 e. The Morgan fingerprint density at radius 2 is 1.93 bits per heavy atom. The van der Waals surface area contributed by atoms with E-state index in [4.69, 9.17) is 14.6 Å². The summed E-state index contributed by atoms with van der Waals surface area (Å²) >= 11 is 0. The molecule has 0 saturated heterocycles. The van der Waals surface area contributed by atoms with Crippen molar-refractivity contribution in [2.24, 2.45) is 0 Å². The van der Waals surface area contributed by atoms with Crippen LogP contribution in [-0.4, -0.2) is 52.9 Å². The molecule has 1 aliphatic heterocycles. The molecule has 4 rings (SSSR count). The fourth-order valence-electron chi connectivity index (χ4n) is 3.78. The third kappa shape index (κ3) is 6.17. The van der Waals surface area contributed by atoms with Gasteiger partial charge in [-0.3, -0.25) is 9.89 Å². The van der Waals surface area contributed by atoms with Gasteiger partial charge in [0.1, 0.15) is 0 Å². The van der Waals surface area contributed by atoms with E-state index in [-0.39, 0.29) is 6.47 Å². The van der Waals surface area contributed by atoms with E-state index in [1.807, 2.05) is 6.07 Å². The van der Waals surface area contributed by atoms with E-state index in [1.165, 1.54) is 61.3 Å². The topological polar surface area (TPSA) is 78.5 Å². The third-order valence-electron chi connectivity index (χ3n) is 5.43. The number of hydrogen-bond acceptors (Lipinski definition) is 4. The molecule has 0 amide bonds. The average Bonchev–Trinajstić information content (AvgIpc) is 3.51. The Kier molecular flexibility index (Phi) is 8.06. The first-order valence-electron chi connectivity index (χ1n) is 10.3. The molecule has 6 heteroatoms. The first-order valence-corrected chi connectivity index (χ1v) is 10.3. The highest BCUT2D eigenvalue weighted by atomic mass is 16.5. The van der Waals surface area contributed by atoms with E-state index in [2.05, 4.69) is 39.4 Å². The van der Waals surface area contributed by atoms with Gasteiger partial charge in [-0.1, -0.05) is 30.3 Å². The van der Waals surface area contributed by atoms with Gasteiger partial charge in [-0.25, -0.2) is 0 Å². The quantitative estimate of drug-likeness (QED) is 0.538. The number of aromatic amines is 1. The maximum absolute atomic E-state index is 8.36. The van der Waals surface area contributed by atoms with Crippen LogP contribution < -0.4 is 0 Å². The highest BCUT2D eigenvalue weighted by Gasteiger charge is 2.30. The molecule has 0 radical (unpaired) electrons. The number of benzene rings is 1. The van der Waals surface area contributed by atoms with E-state index >= 15 is 0 Å². The summed E-state index contributed by atoms with van der Waals surface area (Å²) in [5, 5.41) is 14.8. The van der Waals surface area contributed by atoms with Crippen LogP contribution in [0.4, 0.5) is 0 Å². The molecular weight excluding hydrogens is 354 g/mol. The average molecular weight is 386 g/mol. The van der Waals surface area contributed by atoms with Crippen LogP contribution in [0.3, 0.4) is 0 Å². The van der Waals surface area contributed by atoms with Gasteiger partial charge in [0.2, 0.25) is 0 Å². The van der Waals surface area contributed by atoms with Crippen molar-refractivity contribution in [1.29, 1.82) is 0 Å². The molecule has 0 spiro atoms. The maximum Gasteiger partial charge on any atom is 0.290 e. The molecule has 2 heterocycles. The molecule has 1 saturated carbocycles. The largest absolute Gasteiger partial charge is 0.483 e. The number of unbranched alkanes of at least 4 members (excludes halogenated alkanes) is 1. The second-order valence-electron chi connectivity index (χ2n) is 7.53. The summed E-state index contributed by atoms with van der Waals surface area (Å²) in [7, 11) is 0. The van der Waals surface area contributed by atoms with Crippen LogP contribution >= 0.6 is 0 Å². The van der Waals surface area contributed by atoms with Gasteiger partial charge in [-0.05, 0) is 49.8 Å². The second-order valence-corrected chi connectivity index (χ2v) is 7.53. The summed E-state index contributed by atoms with van der Waals surface area (Å²) in [5.41, 5.74) is 5.58. The Morgan fingerprint density at radius 1 is 1.18 bits per heavy atom. The third-order valence-corrected chi connectivity index (χ3v) is 5.43. The van der Waals surface area contributed by atoms with E-state index < -0.39 is 0 Å². The van der Waals surface area contributed by atoms with Crippen molar-refractivity contribution in [3.8, 4) is 0 Å². The lowest BCUT2D eigenvalue weighted by atomic mass is 10.1. The molecule has 2 N–H and O–H groups in total. The molecule has 2 aliphatic rings. The number of fused-ring (bicyclic) bond motifs is 1. The number of H-pyrrole nitrogens is 1. The van der Waals surface area contributed by atoms with Gasteiger partial charge < -0.3 is 14.7 Å². The van der Waals surface area contributed by atoms with E-state index in [0.29, 0.717) is 0 Å². The number of hydrogen-bond donors (Lipinski definition) is 2. The summed E-state index contributed by atoms with van der Waals surface area (Å²) in [6.45, 7) is 4.86. The Bertz CT molecular complexity index is 713. The molecule has 0 unspecified atom stereocenters. The number of nitrogens with one attached hydrogen (secondary N) is 1. The monoisotopic (exact) mass is 385 g/mol. The van der Waals surface area contributed by atoms with Crippen LogP contribution in [0.1, 0.15) is 54.1 Å². The van der Waals surface area contributed by atoms with Gasteiger partial charge in [-0.2, -0.15) is 5.10 Å². The lowest BCUT2D eigenvalue weighted by Gasteiger charge is -2.19. The highest BCUT2D eigenvalue weighted by molar-refractivity contribution is 5.33. The Morgan fingerprint density at radius 3 is 2.68 bits per heavy atom. The maximum atomic E-state index is 8.36. The Labute approximate surface area is 166 Å². The Balaban J connectivity index is 0.000000706. The Hall–Kier alpha value is -2.18. The number of carboxylic acid groups (broad SMARTS) is 1. The van der Waals surface area contributed by atoms with E-state index in [1.54, 1.807) is 0 Å². The number of ether oxygens (including phenoxy) is 1. The summed E-state index contributed by atoms with van der Waals surface area (Å²) < 4.78 is 5.79. The van der Waals surface area contributed by atoms with Crippen molar-refractivity contribution < 1.29 is 14.6 Å². The van der Waals surface area contributed by atoms with Crippen LogP contribution in [0.5, 0.6) is 0 Å². The summed E-state index contributed by atoms with van der Waals surface area (Å²) in [6.07, 6.45) is 7.33. The van der Waals surface area contributed by atoms with Gasteiger partial charge in [0.25, 0.3) is 6.47 Å². The first kappa shape index (κ1) is 20.6. The predicted octanol–water partition coefficient (Wildman–Crippen LogP) is 3.39. The van der Waals surface area contributed by atoms with Crippen LogP contribution in [0.15, 0.2) is 30.3 Å². The van der Waals surface area contributed by atoms with Crippen LogP contribution in [0.25, 0.3) is 0 Å². The van der Waals surface area contributed by atoms with E-state index in [0.717, 1.165) is 38.5 Å². The normalized spacial score (nSPS) is 16.6. The molecule has 1 aliphatic carbocycles. The zero-order chi connectivity index (χ0) is 19.6. The van der Waals surface area contributed by atoms with Crippen molar-refractivity contribution in [2.75, 3.05) is 26.2 Å². The molecule has 0 bridgehead atoms. The number of nitrogens with zero attached hydrogens (tertiary/aromatic N) is 2. The lowest BCUT2D eigenvalue weighted by Crippen LogP contribution is -2.28. The van der Waals surface area contributed by atoms with Crippen LogP contribution in [-0.2, 0) is 29.0 Å². The molecule has 0 atom stereocenters. The van der Waals surface area contributed by atoms with Crippen molar-refractivity contribution in [1.82, 2.24) is 15.1 Å². The second kappa shape index (κ2) is 11.0. The summed E-state index contributed by atoms with van der Waals surface area (Å²) in [5.74, 6) is 0.758. The lowest BCUT2D eigenvalue weighted by molar-refractivity contribution is -0.122. The zero-order valence-electron chi connectivity index (χ0n) is 16.5. The number of rotatable bonds is 8. The number of aromatic nitrogens is 2. The fraction of sp³-hybridized carbons (Fsp3) is 0.545. The zero-order valence-corrected chi connectivity index (χ0v) is 16.5. The van der Waals surface area contributed by atoms with Gasteiger partial charge >= 0.3 is 0 Å². The van der Waals surface area contributed by atoms with Crippen molar-refractivity contribution in [2.45, 2.75) is 51.0 Å². The van der Waals surface area contributed by atoms with Gasteiger partial charge in [0.15, 0.2) is 0 Å². The summed E-state index contributed by atoms with van der Waals surface area (Å²) in [4.78, 5) is 11.0. The molecule has 1 aromatic carbocycles.